The Balaban J connectivity index is 1.33. The van der Waals surface area contributed by atoms with Crippen LogP contribution in [0.2, 0.25) is 0 Å². The lowest BCUT2D eigenvalue weighted by atomic mass is 9.95. The number of benzene rings is 1. The van der Waals surface area contributed by atoms with Crippen LogP contribution in [0.3, 0.4) is 0 Å². The van der Waals surface area contributed by atoms with Gasteiger partial charge in [-0.15, -0.1) is 0 Å². The monoisotopic (exact) mass is 359 g/mol. The van der Waals surface area contributed by atoms with Crippen LogP contribution in [0.4, 0.5) is 9.59 Å². The van der Waals surface area contributed by atoms with Crippen molar-refractivity contribution in [3.05, 3.63) is 30.3 Å². The number of carbonyl (C=O) groups is 2. The van der Waals surface area contributed by atoms with E-state index in [1.165, 1.54) is 19.3 Å². The summed E-state index contributed by atoms with van der Waals surface area (Å²) in [6.45, 7) is 2.00. The van der Waals surface area contributed by atoms with Gasteiger partial charge in [-0.1, -0.05) is 37.5 Å². The molecule has 142 valence electrons. The molecule has 1 aliphatic carbocycles. The Kier molecular flexibility index (Phi) is 6.75. The summed E-state index contributed by atoms with van der Waals surface area (Å²) in [7, 11) is 0. The van der Waals surface area contributed by atoms with E-state index in [9.17, 15) is 9.59 Å². The third-order valence-corrected chi connectivity index (χ3v) is 5.31. The number of ether oxygens (including phenoxy) is 1. The molecular formula is C20H29N3O3. The first-order valence-electron chi connectivity index (χ1n) is 9.77. The summed E-state index contributed by atoms with van der Waals surface area (Å²) < 4.78 is 5.38. The molecule has 0 atom stereocenters. The molecule has 0 spiro atoms. The van der Waals surface area contributed by atoms with Crippen LogP contribution in [0.15, 0.2) is 30.3 Å². The predicted octanol–water partition coefficient (Wildman–Crippen LogP) is 3.53. The Bertz CT molecular complexity index is 579. The standard InChI is InChI=1S/C20H29N3O3/c24-19(22-17-7-3-1-4-8-17)21-15-16-11-13-23(14-12-16)20(25)26-18-9-5-2-6-10-18/h2,5-6,9-10,16-17H,1,3-4,7-8,11-15H2,(H2,21,22,24). The molecule has 1 aromatic carbocycles. The summed E-state index contributed by atoms with van der Waals surface area (Å²) >= 11 is 0. The highest BCUT2D eigenvalue weighted by Gasteiger charge is 2.24. The third kappa shape index (κ3) is 5.64. The lowest BCUT2D eigenvalue weighted by Gasteiger charge is -2.31. The topological polar surface area (TPSA) is 70.7 Å². The first kappa shape index (κ1) is 18.5. The molecule has 26 heavy (non-hydrogen) atoms. The number of nitrogens with zero attached hydrogens (tertiary/aromatic N) is 1. The lowest BCUT2D eigenvalue weighted by molar-refractivity contribution is 0.130. The summed E-state index contributed by atoms with van der Waals surface area (Å²) in [6, 6.07) is 9.41. The minimum absolute atomic E-state index is 0.0529. The molecule has 2 N–H and O–H groups in total. The summed E-state index contributed by atoms with van der Waals surface area (Å²) in [5.74, 6) is 0.980. The maximum absolute atomic E-state index is 12.2. The molecule has 2 aliphatic rings. The van der Waals surface area contributed by atoms with Gasteiger partial charge in [-0.25, -0.2) is 9.59 Å². The molecule has 3 rings (SSSR count). The number of likely N-dealkylation sites (tertiary alicyclic amines) is 1. The molecule has 1 saturated heterocycles. The van der Waals surface area contributed by atoms with E-state index in [2.05, 4.69) is 10.6 Å². The first-order chi connectivity index (χ1) is 12.7. The van der Waals surface area contributed by atoms with Crippen LogP contribution < -0.4 is 15.4 Å². The number of urea groups is 1. The number of hydrogen-bond acceptors (Lipinski definition) is 3. The van der Waals surface area contributed by atoms with Gasteiger partial charge >= 0.3 is 12.1 Å². The summed E-state index contributed by atoms with van der Waals surface area (Å²) in [4.78, 5) is 26.0. The minimum Gasteiger partial charge on any atom is -0.410 e. The Morgan fingerprint density at radius 1 is 1.00 bits per heavy atom. The Labute approximate surface area is 155 Å². The van der Waals surface area contributed by atoms with Crippen molar-refractivity contribution in [1.29, 1.82) is 0 Å². The third-order valence-electron chi connectivity index (χ3n) is 5.31. The van der Waals surface area contributed by atoms with E-state index in [0.717, 1.165) is 25.7 Å². The zero-order valence-electron chi connectivity index (χ0n) is 15.3. The zero-order chi connectivity index (χ0) is 18.2. The highest BCUT2D eigenvalue weighted by atomic mass is 16.6. The Morgan fingerprint density at radius 2 is 1.69 bits per heavy atom. The largest absolute Gasteiger partial charge is 0.415 e. The molecule has 2 fully saturated rings. The number of rotatable bonds is 4. The fraction of sp³-hybridized carbons (Fsp3) is 0.600. The molecule has 0 aromatic heterocycles. The van der Waals surface area contributed by atoms with Crippen molar-refractivity contribution in [2.45, 2.75) is 51.0 Å². The second-order valence-corrected chi connectivity index (χ2v) is 7.30. The fourth-order valence-corrected chi connectivity index (χ4v) is 3.69. The van der Waals surface area contributed by atoms with Crippen LogP contribution in [-0.4, -0.2) is 42.7 Å². The number of amides is 3. The van der Waals surface area contributed by atoms with Crippen LogP contribution in [0.5, 0.6) is 5.75 Å². The molecule has 1 aromatic rings. The quantitative estimate of drug-likeness (QED) is 0.864. The van der Waals surface area contributed by atoms with E-state index >= 15 is 0 Å². The SMILES string of the molecule is O=C(NCC1CCN(C(=O)Oc2ccccc2)CC1)NC1CCCCC1. The maximum Gasteiger partial charge on any atom is 0.415 e. The van der Waals surface area contributed by atoms with Crippen molar-refractivity contribution in [3.63, 3.8) is 0 Å². The van der Waals surface area contributed by atoms with Gasteiger partial charge in [0.2, 0.25) is 0 Å². The molecule has 3 amide bonds. The molecule has 1 saturated carbocycles. The molecule has 0 bridgehead atoms. The van der Waals surface area contributed by atoms with Gasteiger partial charge in [0.25, 0.3) is 0 Å². The molecule has 0 radical (unpaired) electrons. The predicted molar refractivity (Wildman–Crippen MR) is 100 cm³/mol. The van der Waals surface area contributed by atoms with E-state index in [1.54, 1.807) is 17.0 Å². The Morgan fingerprint density at radius 3 is 2.38 bits per heavy atom. The van der Waals surface area contributed by atoms with Crippen molar-refractivity contribution in [2.24, 2.45) is 5.92 Å². The molecule has 6 nitrogen and oxygen atoms in total. The second-order valence-electron chi connectivity index (χ2n) is 7.30. The van der Waals surface area contributed by atoms with Crippen LogP contribution in [-0.2, 0) is 0 Å². The van der Waals surface area contributed by atoms with Crippen LogP contribution in [0, 0.1) is 5.92 Å². The number of carbonyl (C=O) groups excluding carboxylic acids is 2. The zero-order valence-corrected chi connectivity index (χ0v) is 15.3. The maximum atomic E-state index is 12.2. The van der Waals surface area contributed by atoms with Gasteiger partial charge in [0.05, 0.1) is 0 Å². The van der Waals surface area contributed by atoms with Gasteiger partial charge in [-0.2, -0.15) is 0 Å². The van der Waals surface area contributed by atoms with Crippen LogP contribution in [0.25, 0.3) is 0 Å². The number of piperidine rings is 1. The van der Waals surface area contributed by atoms with E-state index in [0.29, 0.717) is 37.3 Å². The number of hydrogen-bond donors (Lipinski definition) is 2. The number of para-hydroxylation sites is 1. The Hall–Kier alpha value is -2.24. The highest BCUT2D eigenvalue weighted by molar-refractivity contribution is 5.74. The number of nitrogens with one attached hydrogen (secondary N) is 2. The van der Waals surface area contributed by atoms with Crippen molar-refractivity contribution >= 4 is 12.1 Å². The molecule has 1 aliphatic heterocycles. The molecule has 1 heterocycles. The summed E-state index contributed by atoms with van der Waals surface area (Å²) in [5, 5.41) is 6.08. The first-order valence-corrected chi connectivity index (χ1v) is 9.77. The van der Waals surface area contributed by atoms with E-state index in [4.69, 9.17) is 4.74 Å². The highest BCUT2D eigenvalue weighted by Crippen LogP contribution is 2.19. The smallest absolute Gasteiger partial charge is 0.410 e. The summed E-state index contributed by atoms with van der Waals surface area (Å²) in [6.07, 6.45) is 7.36. The lowest BCUT2D eigenvalue weighted by Crippen LogP contribution is -2.46. The van der Waals surface area contributed by atoms with Crippen molar-refractivity contribution in [2.75, 3.05) is 19.6 Å². The average Bonchev–Trinajstić information content (AvgIpc) is 2.68. The van der Waals surface area contributed by atoms with Gasteiger partial charge < -0.3 is 20.3 Å². The molecular weight excluding hydrogens is 330 g/mol. The normalized spacial score (nSPS) is 19.0. The van der Waals surface area contributed by atoms with Crippen LogP contribution >= 0.6 is 0 Å². The van der Waals surface area contributed by atoms with Gasteiger partial charge in [-0.3, -0.25) is 0 Å². The van der Waals surface area contributed by atoms with Gasteiger partial charge in [-0.05, 0) is 43.7 Å². The minimum atomic E-state index is -0.294. The van der Waals surface area contributed by atoms with Crippen molar-refractivity contribution in [1.82, 2.24) is 15.5 Å². The van der Waals surface area contributed by atoms with Crippen LogP contribution in [0.1, 0.15) is 44.9 Å². The van der Waals surface area contributed by atoms with E-state index in [-0.39, 0.29) is 12.1 Å². The fourth-order valence-electron chi connectivity index (χ4n) is 3.69. The van der Waals surface area contributed by atoms with Gasteiger partial charge in [0, 0.05) is 25.7 Å². The average molecular weight is 359 g/mol. The van der Waals surface area contributed by atoms with Crippen molar-refractivity contribution < 1.29 is 14.3 Å². The van der Waals surface area contributed by atoms with E-state index in [1.807, 2.05) is 18.2 Å². The van der Waals surface area contributed by atoms with Gasteiger partial charge in [0.15, 0.2) is 0 Å². The van der Waals surface area contributed by atoms with E-state index < -0.39 is 0 Å². The van der Waals surface area contributed by atoms with Crippen molar-refractivity contribution in [3.8, 4) is 5.75 Å². The molecule has 6 heteroatoms. The van der Waals surface area contributed by atoms with Gasteiger partial charge in [0.1, 0.15) is 5.75 Å². The molecule has 0 unspecified atom stereocenters. The summed E-state index contributed by atoms with van der Waals surface area (Å²) in [5.41, 5.74) is 0. The second kappa shape index (κ2) is 9.46.